The Bertz CT molecular complexity index is 332. The van der Waals surface area contributed by atoms with Gasteiger partial charge in [0, 0.05) is 7.05 Å². The molecule has 1 amide bonds. The number of esters is 1. The lowest BCUT2D eigenvalue weighted by Crippen LogP contribution is -2.39. The molecule has 0 aliphatic carbocycles. The van der Waals surface area contributed by atoms with Crippen molar-refractivity contribution in [3.8, 4) is 0 Å². The van der Waals surface area contributed by atoms with Gasteiger partial charge in [0.1, 0.15) is 11.7 Å². The van der Waals surface area contributed by atoms with Crippen molar-refractivity contribution < 1.29 is 24.2 Å². The minimum Gasteiger partial charge on any atom is -0.466 e. The van der Waals surface area contributed by atoms with Gasteiger partial charge in [0.25, 0.3) is 0 Å². The molecule has 0 saturated carbocycles. The first-order valence-electron chi connectivity index (χ1n) is 5.47. The number of carbonyl (C=O) groups excluding carboxylic acids is 2. The molecule has 1 atom stereocenters. The summed E-state index contributed by atoms with van der Waals surface area (Å²) in [6.45, 7) is 8.53. The van der Waals surface area contributed by atoms with Gasteiger partial charge in [-0.05, 0) is 20.8 Å². The fraction of sp³-hybridized carbons (Fsp3) is 0.667. The minimum atomic E-state index is -1.19. The number of hydrogen-bond donors (Lipinski definition) is 1. The van der Waals surface area contributed by atoms with Gasteiger partial charge in [0.15, 0.2) is 0 Å². The molecule has 0 aliphatic rings. The van der Waals surface area contributed by atoms with Gasteiger partial charge in [0.05, 0.1) is 19.2 Å². The number of likely N-dealkylation sites (N-methyl/N-ethyl adjacent to an activating group) is 1. The second-order valence-electron chi connectivity index (χ2n) is 4.89. The molecule has 0 aromatic heterocycles. The minimum absolute atomic E-state index is 0.0944. The van der Waals surface area contributed by atoms with E-state index in [1.807, 2.05) is 0 Å². The van der Waals surface area contributed by atoms with Crippen molar-refractivity contribution >= 4 is 12.1 Å². The normalized spacial score (nSPS) is 12.6. The average molecular weight is 259 g/mol. The van der Waals surface area contributed by atoms with E-state index in [0.717, 1.165) is 0 Å². The summed E-state index contributed by atoms with van der Waals surface area (Å²) < 4.78 is 9.52. The van der Waals surface area contributed by atoms with Crippen molar-refractivity contribution in [1.29, 1.82) is 0 Å². The second-order valence-corrected chi connectivity index (χ2v) is 4.89. The molecule has 0 heterocycles. The van der Waals surface area contributed by atoms with Crippen LogP contribution >= 0.6 is 0 Å². The summed E-state index contributed by atoms with van der Waals surface area (Å²) in [7, 11) is 2.65. The van der Waals surface area contributed by atoms with Crippen LogP contribution in [0, 0.1) is 0 Å². The summed E-state index contributed by atoms with van der Waals surface area (Å²) in [6.07, 6.45) is -1.77. The first kappa shape index (κ1) is 16.4. The average Bonchev–Trinajstić information content (AvgIpc) is 2.24. The molecular weight excluding hydrogens is 238 g/mol. The Hall–Kier alpha value is -1.56. The van der Waals surface area contributed by atoms with Crippen LogP contribution in [0.5, 0.6) is 0 Å². The zero-order valence-corrected chi connectivity index (χ0v) is 11.5. The van der Waals surface area contributed by atoms with Gasteiger partial charge in [-0.3, -0.25) is 0 Å². The number of amides is 1. The lowest BCUT2D eigenvalue weighted by molar-refractivity contribution is -0.137. The molecule has 0 spiro atoms. The molecule has 6 nitrogen and oxygen atoms in total. The lowest BCUT2D eigenvalue weighted by Gasteiger charge is -2.26. The maximum Gasteiger partial charge on any atom is 0.410 e. The van der Waals surface area contributed by atoms with Gasteiger partial charge < -0.3 is 19.5 Å². The maximum atomic E-state index is 11.6. The quantitative estimate of drug-likeness (QED) is 0.600. The number of nitrogens with zero attached hydrogens (tertiary/aromatic N) is 1. The summed E-state index contributed by atoms with van der Waals surface area (Å²) in [5.41, 5.74) is -0.719. The number of carbonyl (C=O) groups is 2. The summed E-state index contributed by atoms with van der Waals surface area (Å²) in [5, 5.41) is 9.69. The van der Waals surface area contributed by atoms with Gasteiger partial charge >= 0.3 is 12.1 Å². The van der Waals surface area contributed by atoms with Crippen LogP contribution in [0.3, 0.4) is 0 Å². The predicted octanol–water partition coefficient (Wildman–Crippen LogP) is 0.943. The predicted molar refractivity (Wildman–Crippen MR) is 66.0 cm³/mol. The van der Waals surface area contributed by atoms with Crippen molar-refractivity contribution in [3.63, 3.8) is 0 Å². The van der Waals surface area contributed by atoms with E-state index in [1.54, 1.807) is 20.8 Å². The molecule has 0 bridgehead atoms. The number of aliphatic hydroxyl groups is 1. The molecule has 0 aromatic rings. The summed E-state index contributed by atoms with van der Waals surface area (Å²) in [4.78, 5) is 23.9. The molecule has 0 rings (SSSR count). The van der Waals surface area contributed by atoms with Crippen LogP contribution in [0.25, 0.3) is 0 Å². The fourth-order valence-electron chi connectivity index (χ4n) is 1.05. The molecule has 1 N–H and O–H groups in total. The van der Waals surface area contributed by atoms with E-state index in [4.69, 9.17) is 4.74 Å². The molecule has 0 aromatic carbocycles. The second kappa shape index (κ2) is 6.39. The zero-order chi connectivity index (χ0) is 14.5. The van der Waals surface area contributed by atoms with Crippen LogP contribution in [0.2, 0.25) is 0 Å². The van der Waals surface area contributed by atoms with Crippen molar-refractivity contribution in [1.82, 2.24) is 4.90 Å². The fourth-order valence-corrected chi connectivity index (χ4v) is 1.05. The molecule has 18 heavy (non-hydrogen) atoms. The van der Waals surface area contributed by atoms with E-state index < -0.39 is 23.8 Å². The Morgan fingerprint density at radius 1 is 1.39 bits per heavy atom. The Kier molecular flexibility index (Phi) is 5.84. The van der Waals surface area contributed by atoms with Crippen LogP contribution < -0.4 is 0 Å². The lowest BCUT2D eigenvalue weighted by atomic mass is 10.1. The van der Waals surface area contributed by atoms with Crippen LogP contribution in [0.15, 0.2) is 12.2 Å². The molecule has 1 unspecified atom stereocenters. The third-order valence-electron chi connectivity index (χ3n) is 2.00. The molecule has 0 saturated heterocycles. The number of aliphatic hydroxyl groups excluding tert-OH is 1. The number of ether oxygens (including phenoxy) is 2. The number of methoxy groups -OCH3 is 1. The largest absolute Gasteiger partial charge is 0.466 e. The van der Waals surface area contributed by atoms with Crippen LogP contribution in [0.1, 0.15) is 20.8 Å². The summed E-state index contributed by atoms with van der Waals surface area (Å²) in [5.74, 6) is -0.708. The van der Waals surface area contributed by atoms with Gasteiger partial charge in [-0.1, -0.05) is 6.58 Å². The SMILES string of the molecule is C=C(C(=O)OC)C(O)CN(C)C(=O)OC(C)(C)C. The van der Waals surface area contributed by atoms with Crippen LogP contribution in [-0.4, -0.2) is 54.5 Å². The van der Waals surface area contributed by atoms with Gasteiger partial charge in [0.2, 0.25) is 0 Å². The molecular formula is C12H21NO5. The van der Waals surface area contributed by atoms with Gasteiger partial charge in [-0.2, -0.15) is 0 Å². The zero-order valence-electron chi connectivity index (χ0n) is 11.5. The topological polar surface area (TPSA) is 76.1 Å². The van der Waals surface area contributed by atoms with E-state index in [2.05, 4.69) is 11.3 Å². The highest BCUT2D eigenvalue weighted by molar-refractivity contribution is 5.88. The van der Waals surface area contributed by atoms with Crippen molar-refractivity contribution in [2.75, 3.05) is 20.7 Å². The first-order valence-corrected chi connectivity index (χ1v) is 5.47. The molecule has 0 radical (unpaired) electrons. The summed E-state index contributed by atoms with van der Waals surface area (Å²) in [6, 6.07) is 0. The third-order valence-corrected chi connectivity index (χ3v) is 2.00. The Labute approximate surface area is 107 Å². The molecule has 104 valence electrons. The van der Waals surface area contributed by atoms with Crippen molar-refractivity contribution in [3.05, 3.63) is 12.2 Å². The van der Waals surface area contributed by atoms with Crippen LogP contribution in [0.4, 0.5) is 4.79 Å². The highest BCUT2D eigenvalue weighted by Crippen LogP contribution is 2.10. The van der Waals surface area contributed by atoms with Crippen LogP contribution in [-0.2, 0) is 14.3 Å². The highest BCUT2D eigenvalue weighted by atomic mass is 16.6. The highest BCUT2D eigenvalue weighted by Gasteiger charge is 2.24. The smallest absolute Gasteiger partial charge is 0.410 e. The molecule has 0 aliphatic heterocycles. The van der Waals surface area contributed by atoms with Gasteiger partial charge in [-0.15, -0.1) is 0 Å². The summed E-state index contributed by atoms with van der Waals surface area (Å²) >= 11 is 0. The molecule has 6 heteroatoms. The monoisotopic (exact) mass is 259 g/mol. The van der Waals surface area contributed by atoms with Crippen molar-refractivity contribution in [2.24, 2.45) is 0 Å². The molecule has 0 fully saturated rings. The number of hydrogen-bond acceptors (Lipinski definition) is 5. The standard InChI is InChI=1S/C12H21NO5/c1-8(10(15)17-6)9(14)7-13(5)11(16)18-12(2,3)4/h9,14H,1,7H2,2-6H3. The Morgan fingerprint density at radius 2 is 1.89 bits per heavy atom. The Morgan fingerprint density at radius 3 is 2.28 bits per heavy atom. The Balaban J connectivity index is 4.39. The first-order chi connectivity index (χ1) is 8.08. The van der Waals surface area contributed by atoms with E-state index >= 15 is 0 Å². The van der Waals surface area contributed by atoms with E-state index in [0.29, 0.717) is 0 Å². The van der Waals surface area contributed by atoms with Gasteiger partial charge in [-0.25, -0.2) is 9.59 Å². The maximum absolute atomic E-state index is 11.6. The van der Waals surface area contributed by atoms with Crippen molar-refractivity contribution in [2.45, 2.75) is 32.5 Å². The number of rotatable bonds is 4. The van der Waals surface area contributed by atoms with E-state index in [-0.39, 0.29) is 12.1 Å². The van der Waals surface area contributed by atoms with E-state index in [1.165, 1.54) is 19.1 Å². The third kappa shape index (κ3) is 5.67. The van der Waals surface area contributed by atoms with E-state index in [9.17, 15) is 14.7 Å².